The number of hydrogen-bond acceptors (Lipinski definition) is 5. The van der Waals surface area contributed by atoms with Gasteiger partial charge in [-0.05, 0) is 47.7 Å². The molecular formula is C21H24N2O3S2. The van der Waals surface area contributed by atoms with Crippen molar-refractivity contribution in [3.05, 3.63) is 65.0 Å². The fourth-order valence-corrected chi connectivity index (χ4v) is 5.31. The van der Waals surface area contributed by atoms with Gasteiger partial charge in [0.05, 0.1) is 11.5 Å². The molecule has 5 nitrogen and oxygen atoms in total. The number of benzene rings is 2. The molecule has 0 aliphatic rings. The van der Waals surface area contributed by atoms with E-state index in [1.54, 1.807) is 11.4 Å². The first-order chi connectivity index (χ1) is 13.5. The van der Waals surface area contributed by atoms with E-state index in [1.807, 2.05) is 50.4 Å². The minimum atomic E-state index is -3.85. The Labute approximate surface area is 170 Å². The molecule has 2 aromatic carbocycles. The van der Waals surface area contributed by atoms with Crippen LogP contribution in [0.5, 0.6) is 0 Å². The molecule has 3 N–H and O–H groups in total. The van der Waals surface area contributed by atoms with Crippen molar-refractivity contribution < 1.29 is 13.2 Å². The lowest BCUT2D eigenvalue weighted by atomic mass is 9.91. The van der Waals surface area contributed by atoms with Gasteiger partial charge in [-0.1, -0.05) is 42.5 Å². The highest BCUT2D eigenvalue weighted by atomic mass is 32.2. The van der Waals surface area contributed by atoms with Gasteiger partial charge in [0.2, 0.25) is 10.0 Å². The van der Waals surface area contributed by atoms with E-state index >= 15 is 0 Å². The van der Waals surface area contributed by atoms with Gasteiger partial charge >= 0.3 is 0 Å². The van der Waals surface area contributed by atoms with Crippen molar-refractivity contribution in [3.63, 3.8) is 0 Å². The molecule has 0 aliphatic carbocycles. The fraction of sp³-hybridized carbons (Fsp3) is 0.238. The SMILES string of the molecule is CCOCc1c(CNC)ccc(-c2ccccc2)c1-c1sccc1S(N)(=O)=O. The summed E-state index contributed by atoms with van der Waals surface area (Å²) in [5, 5.41) is 10.5. The summed E-state index contributed by atoms with van der Waals surface area (Å²) >= 11 is 1.38. The van der Waals surface area contributed by atoms with Crippen LogP contribution >= 0.6 is 11.3 Å². The number of nitrogens with one attached hydrogen (secondary N) is 1. The lowest BCUT2D eigenvalue weighted by Crippen LogP contribution is -2.13. The molecule has 0 unspecified atom stereocenters. The zero-order valence-electron chi connectivity index (χ0n) is 15.9. The van der Waals surface area contributed by atoms with Crippen molar-refractivity contribution in [1.29, 1.82) is 0 Å². The Morgan fingerprint density at radius 1 is 1.11 bits per heavy atom. The summed E-state index contributed by atoms with van der Waals surface area (Å²) in [6.45, 7) is 3.56. The molecule has 0 amide bonds. The highest BCUT2D eigenvalue weighted by molar-refractivity contribution is 7.89. The van der Waals surface area contributed by atoms with Crippen molar-refractivity contribution >= 4 is 21.4 Å². The van der Waals surface area contributed by atoms with Crippen LogP contribution in [-0.2, 0) is 27.9 Å². The smallest absolute Gasteiger partial charge is 0.239 e. The molecule has 0 saturated carbocycles. The highest BCUT2D eigenvalue weighted by Crippen LogP contribution is 2.42. The number of primary sulfonamides is 1. The molecule has 28 heavy (non-hydrogen) atoms. The first-order valence-electron chi connectivity index (χ1n) is 9.00. The zero-order chi connectivity index (χ0) is 20.1. The maximum Gasteiger partial charge on any atom is 0.239 e. The largest absolute Gasteiger partial charge is 0.377 e. The maximum atomic E-state index is 12.2. The second-order valence-corrected chi connectivity index (χ2v) is 8.76. The maximum absolute atomic E-state index is 12.2. The first kappa shape index (κ1) is 20.7. The average Bonchev–Trinajstić information content (AvgIpc) is 3.17. The normalized spacial score (nSPS) is 11.7. The second kappa shape index (κ2) is 8.98. The minimum absolute atomic E-state index is 0.147. The zero-order valence-corrected chi connectivity index (χ0v) is 17.6. The number of thiophene rings is 1. The molecule has 3 rings (SSSR count). The van der Waals surface area contributed by atoms with Gasteiger partial charge in [-0.2, -0.15) is 0 Å². The molecule has 0 radical (unpaired) electrons. The van der Waals surface area contributed by atoms with E-state index in [1.165, 1.54) is 11.3 Å². The molecule has 1 aromatic heterocycles. The van der Waals surface area contributed by atoms with Gasteiger partial charge in [0.1, 0.15) is 4.90 Å². The Bertz CT molecular complexity index is 1040. The van der Waals surface area contributed by atoms with E-state index in [0.29, 0.717) is 24.6 Å². The molecule has 7 heteroatoms. The van der Waals surface area contributed by atoms with Crippen LogP contribution < -0.4 is 10.5 Å². The number of hydrogen-bond donors (Lipinski definition) is 2. The van der Waals surface area contributed by atoms with Crippen molar-refractivity contribution in [2.75, 3.05) is 13.7 Å². The number of nitrogens with two attached hydrogens (primary N) is 1. The van der Waals surface area contributed by atoms with Crippen LogP contribution in [0.15, 0.2) is 58.8 Å². The Morgan fingerprint density at radius 3 is 2.50 bits per heavy atom. The number of sulfonamides is 1. The third-order valence-electron chi connectivity index (χ3n) is 4.48. The van der Waals surface area contributed by atoms with E-state index < -0.39 is 10.0 Å². The van der Waals surface area contributed by atoms with Crippen LogP contribution in [0, 0.1) is 0 Å². The summed E-state index contributed by atoms with van der Waals surface area (Å²) in [6.07, 6.45) is 0. The molecular weight excluding hydrogens is 392 g/mol. The van der Waals surface area contributed by atoms with Crippen LogP contribution in [0.1, 0.15) is 18.1 Å². The average molecular weight is 417 g/mol. The molecule has 3 aromatic rings. The Morgan fingerprint density at radius 2 is 1.86 bits per heavy atom. The third kappa shape index (κ3) is 4.34. The third-order valence-corrected chi connectivity index (χ3v) is 6.49. The van der Waals surface area contributed by atoms with Gasteiger partial charge in [-0.15, -0.1) is 11.3 Å². The van der Waals surface area contributed by atoms with Gasteiger partial charge in [0.25, 0.3) is 0 Å². The second-order valence-electron chi connectivity index (χ2n) is 6.32. The van der Waals surface area contributed by atoms with Crippen molar-refractivity contribution in [2.45, 2.75) is 25.0 Å². The van der Waals surface area contributed by atoms with E-state index in [-0.39, 0.29) is 4.90 Å². The monoisotopic (exact) mass is 416 g/mol. The first-order valence-corrected chi connectivity index (χ1v) is 11.4. The summed E-state index contributed by atoms with van der Waals surface area (Å²) in [5.74, 6) is 0. The number of rotatable bonds is 8. The standard InChI is InChI=1S/C21H24N2O3S2/c1-3-26-14-18-16(13-23-2)9-10-17(15-7-5-4-6-8-15)20(18)21-19(11-12-27-21)28(22,24)25/h4-12,23H,3,13-14H2,1-2H3,(H2,22,24,25). The van der Waals surface area contributed by atoms with Crippen LogP contribution in [0.2, 0.25) is 0 Å². The molecule has 148 valence electrons. The van der Waals surface area contributed by atoms with Gasteiger partial charge < -0.3 is 10.1 Å². The van der Waals surface area contributed by atoms with Gasteiger partial charge in [-0.25, -0.2) is 13.6 Å². The molecule has 0 saturated heterocycles. The van der Waals surface area contributed by atoms with Gasteiger partial charge in [0, 0.05) is 18.7 Å². The molecule has 0 aliphatic heterocycles. The summed E-state index contributed by atoms with van der Waals surface area (Å²) in [4.78, 5) is 0.794. The van der Waals surface area contributed by atoms with Crippen molar-refractivity contribution in [1.82, 2.24) is 5.32 Å². The van der Waals surface area contributed by atoms with E-state index in [2.05, 4.69) is 11.4 Å². The molecule has 0 spiro atoms. The Kier molecular flexibility index (Phi) is 6.64. The Hall–Kier alpha value is -2.03. The van der Waals surface area contributed by atoms with E-state index in [4.69, 9.17) is 9.88 Å². The van der Waals surface area contributed by atoms with Crippen LogP contribution in [0.4, 0.5) is 0 Å². The molecule has 1 heterocycles. The Balaban J connectivity index is 2.36. The lowest BCUT2D eigenvalue weighted by molar-refractivity contribution is 0.134. The number of ether oxygens (including phenoxy) is 1. The summed E-state index contributed by atoms with van der Waals surface area (Å²) in [5.41, 5.74) is 4.89. The van der Waals surface area contributed by atoms with E-state index in [9.17, 15) is 8.42 Å². The van der Waals surface area contributed by atoms with Gasteiger partial charge in [-0.3, -0.25) is 0 Å². The van der Waals surface area contributed by atoms with Crippen molar-refractivity contribution in [2.24, 2.45) is 5.14 Å². The molecule has 0 bridgehead atoms. The van der Waals surface area contributed by atoms with E-state index in [0.717, 1.165) is 27.8 Å². The highest BCUT2D eigenvalue weighted by Gasteiger charge is 2.23. The van der Waals surface area contributed by atoms with Crippen LogP contribution in [-0.4, -0.2) is 22.1 Å². The van der Waals surface area contributed by atoms with Crippen molar-refractivity contribution in [3.8, 4) is 21.6 Å². The van der Waals surface area contributed by atoms with Crippen LogP contribution in [0.3, 0.4) is 0 Å². The van der Waals surface area contributed by atoms with Crippen LogP contribution in [0.25, 0.3) is 21.6 Å². The van der Waals surface area contributed by atoms with Gasteiger partial charge in [0.15, 0.2) is 0 Å². The molecule has 0 atom stereocenters. The predicted octanol–water partition coefficient (Wildman–Crippen LogP) is 3.99. The summed E-state index contributed by atoms with van der Waals surface area (Å²) in [7, 11) is -1.96. The quantitative estimate of drug-likeness (QED) is 0.582. The predicted molar refractivity (Wildman–Crippen MR) is 115 cm³/mol. The summed E-state index contributed by atoms with van der Waals surface area (Å²) < 4.78 is 30.2. The lowest BCUT2D eigenvalue weighted by Gasteiger charge is -2.19. The summed E-state index contributed by atoms with van der Waals surface area (Å²) in [6, 6.07) is 15.6. The minimum Gasteiger partial charge on any atom is -0.377 e. The molecule has 0 fully saturated rings. The topological polar surface area (TPSA) is 81.4 Å². The fourth-order valence-electron chi connectivity index (χ4n) is 3.24.